The van der Waals surface area contributed by atoms with E-state index in [1.807, 2.05) is 42.6 Å². The maximum absolute atomic E-state index is 12.4. The van der Waals surface area contributed by atoms with Gasteiger partial charge in [0.1, 0.15) is 5.75 Å². The Morgan fingerprint density at radius 3 is 2.78 bits per heavy atom. The molecule has 0 saturated heterocycles. The molecule has 0 atom stereocenters. The van der Waals surface area contributed by atoms with Gasteiger partial charge in [0, 0.05) is 35.2 Å². The third-order valence-electron chi connectivity index (χ3n) is 5.63. The van der Waals surface area contributed by atoms with E-state index in [0.29, 0.717) is 18.3 Å². The summed E-state index contributed by atoms with van der Waals surface area (Å²) in [6.45, 7) is 0.599. The highest BCUT2D eigenvalue weighted by atomic mass is 32.2. The van der Waals surface area contributed by atoms with Crippen LogP contribution in [-0.4, -0.2) is 45.1 Å². The molecule has 0 spiro atoms. The summed E-state index contributed by atoms with van der Waals surface area (Å²) in [6.07, 6.45) is 5.02. The second kappa shape index (κ2) is 9.08. The van der Waals surface area contributed by atoms with Crippen LogP contribution in [0.2, 0.25) is 0 Å². The van der Waals surface area contributed by atoms with E-state index in [-0.39, 0.29) is 5.91 Å². The summed E-state index contributed by atoms with van der Waals surface area (Å²) in [5.41, 5.74) is 3.30. The molecule has 164 valence electrons. The number of carbonyl (C=O) groups excluding carboxylic acids is 1. The Balaban J connectivity index is 1.21. The molecular weight excluding hydrogens is 422 g/mol. The minimum atomic E-state index is 0.00232. The molecule has 0 bridgehead atoms. The molecule has 1 fully saturated rings. The Morgan fingerprint density at radius 2 is 2.00 bits per heavy atom. The van der Waals surface area contributed by atoms with Gasteiger partial charge in [0.05, 0.1) is 12.9 Å². The number of carbonyl (C=O) groups is 1. The molecule has 5 rings (SSSR count). The van der Waals surface area contributed by atoms with Crippen molar-refractivity contribution in [3.8, 4) is 17.1 Å². The average Bonchev–Trinajstić information content (AvgIpc) is 3.43. The number of methoxy groups -OCH3 is 1. The maximum Gasteiger partial charge on any atom is 0.230 e. The number of H-pyrrole nitrogens is 1. The van der Waals surface area contributed by atoms with Crippen molar-refractivity contribution in [2.24, 2.45) is 0 Å². The Kier molecular flexibility index (Phi) is 5.85. The SMILES string of the molecule is COc1ccc(CCNC(=O)CSc2nnc(-c3c[nH]c4ccccc34)n2C2CC2)cc1. The van der Waals surface area contributed by atoms with Crippen LogP contribution in [0.4, 0.5) is 0 Å². The first-order valence-corrected chi connectivity index (χ1v) is 11.8. The Labute approximate surface area is 190 Å². The lowest BCUT2D eigenvalue weighted by Gasteiger charge is -2.09. The van der Waals surface area contributed by atoms with Crippen LogP contribution >= 0.6 is 11.8 Å². The molecule has 0 aliphatic heterocycles. The van der Waals surface area contributed by atoms with Gasteiger partial charge in [-0.05, 0) is 43.0 Å². The zero-order valence-electron chi connectivity index (χ0n) is 17.9. The van der Waals surface area contributed by atoms with Gasteiger partial charge in [-0.2, -0.15) is 0 Å². The topological polar surface area (TPSA) is 84.8 Å². The number of hydrogen-bond acceptors (Lipinski definition) is 5. The first-order valence-electron chi connectivity index (χ1n) is 10.8. The molecule has 0 unspecified atom stereocenters. The Hall–Kier alpha value is -3.26. The van der Waals surface area contributed by atoms with Crippen LogP contribution in [0.25, 0.3) is 22.3 Å². The molecule has 0 radical (unpaired) electrons. The van der Waals surface area contributed by atoms with Crippen molar-refractivity contribution < 1.29 is 9.53 Å². The lowest BCUT2D eigenvalue weighted by Crippen LogP contribution is -2.27. The van der Waals surface area contributed by atoms with Gasteiger partial charge in [-0.25, -0.2) is 0 Å². The lowest BCUT2D eigenvalue weighted by atomic mass is 10.1. The number of aromatic nitrogens is 4. The van der Waals surface area contributed by atoms with E-state index in [1.54, 1.807) is 7.11 Å². The van der Waals surface area contributed by atoms with E-state index in [2.05, 4.69) is 37.2 Å². The van der Waals surface area contributed by atoms with Crippen LogP contribution in [0, 0.1) is 0 Å². The van der Waals surface area contributed by atoms with Crippen LogP contribution in [0.15, 0.2) is 59.9 Å². The van der Waals surface area contributed by atoms with Crippen molar-refractivity contribution >= 4 is 28.6 Å². The average molecular weight is 448 g/mol. The van der Waals surface area contributed by atoms with Gasteiger partial charge in [0.15, 0.2) is 11.0 Å². The zero-order chi connectivity index (χ0) is 21.9. The van der Waals surface area contributed by atoms with Gasteiger partial charge in [-0.15, -0.1) is 10.2 Å². The number of hydrogen-bond donors (Lipinski definition) is 2. The number of ether oxygens (including phenoxy) is 1. The van der Waals surface area contributed by atoms with E-state index in [0.717, 1.165) is 58.0 Å². The summed E-state index contributed by atoms with van der Waals surface area (Å²) < 4.78 is 7.38. The second-order valence-electron chi connectivity index (χ2n) is 7.89. The minimum absolute atomic E-state index is 0.00232. The second-order valence-corrected chi connectivity index (χ2v) is 8.83. The van der Waals surface area contributed by atoms with E-state index < -0.39 is 0 Å². The highest BCUT2D eigenvalue weighted by Crippen LogP contribution is 2.42. The number of nitrogens with one attached hydrogen (secondary N) is 2. The monoisotopic (exact) mass is 447 g/mol. The predicted molar refractivity (Wildman–Crippen MR) is 126 cm³/mol. The lowest BCUT2D eigenvalue weighted by molar-refractivity contribution is -0.118. The molecule has 1 aliphatic carbocycles. The maximum atomic E-state index is 12.4. The van der Waals surface area contributed by atoms with Gasteiger partial charge in [-0.1, -0.05) is 42.1 Å². The van der Waals surface area contributed by atoms with Crippen molar-refractivity contribution in [3.63, 3.8) is 0 Å². The summed E-state index contributed by atoms with van der Waals surface area (Å²) in [5.74, 6) is 2.03. The quantitative estimate of drug-likeness (QED) is 0.375. The number of rotatable bonds is 9. The third kappa shape index (κ3) is 4.36. The fraction of sp³-hybridized carbons (Fsp3) is 0.292. The number of nitrogens with zero attached hydrogens (tertiary/aromatic N) is 3. The summed E-state index contributed by atoms with van der Waals surface area (Å²) in [6, 6.07) is 16.5. The fourth-order valence-electron chi connectivity index (χ4n) is 3.80. The zero-order valence-corrected chi connectivity index (χ0v) is 18.7. The van der Waals surface area contributed by atoms with Crippen molar-refractivity contribution in [2.45, 2.75) is 30.5 Å². The number of aromatic amines is 1. The number of amides is 1. The first-order chi connectivity index (χ1) is 15.7. The van der Waals surface area contributed by atoms with E-state index >= 15 is 0 Å². The molecule has 4 aromatic rings. The molecule has 1 saturated carbocycles. The molecule has 1 aliphatic rings. The normalized spacial score (nSPS) is 13.4. The van der Waals surface area contributed by atoms with Crippen LogP contribution in [0.1, 0.15) is 24.4 Å². The molecular formula is C24H25N5O2S. The molecule has 32 heavy (non-hydrogen) atoms. The molecule has 2 N–H and O–H groups in total. The van der Waals surface area contributed by atoms with E-state index in [4.69, 9.17) is 4.74 Å². The highest BCUT2D eigenvalue weighted by Gasteiger charge is 2.31. The van der Waals surface area contributed by atoms with Crippen LogP contribution in [0.5, 0.6) is 5.75 Å². The number of thioether (sulfide) groups is 1. The molecule has 7 nitrogen and oxygen atoms in total. The van der Waals surface area contributed by atoms with Crippen LogP contribution in [-0.2, 0) is 11.2 Å². The van der Waals surface area contributed by atoms with Crippen LogP contribution < -0.4 is 10.1 Å². The summed E-state index contributed by atoms with van der Waals surface area (Å²) in [4.78, 5) is 15.7. The number of fused-ring (bicyclic) bond motifs is 1. The van der Waals surface area contributed by atoms with Crippen LogP contribution in [0.3, 0.4) is 0 Å². The standard InChI is InChI=1S/C24H25N5O2S/c1-31-18-10-6-16(7-11-18)12-13-25-22(30)15-32-24-28-27-23(29(24)17-8-9-17)20-14-26-21-5-3-2-4-19(20)21/h2-7,10-11,14,17,26H,8-9,12-13,15H2,1H3,(H,25,30). The molecule has 2 aromatic heterocycles. The largest absolute Gasteiger partial charge is 0.497 e. The van der Waals surface area contributed by atoms with Crippen molar-refractivity contribution in [1.82, 2.24) is 25.1 Å². The third-order valence-corrected chi connectivity index (χ3v) is 6.58. The van der Waals surface area contributed by atoms with E-state index in [1.165, 1.54) is 11.8 Å². The summed E-state index contributed by atoms with van der Waals surface area (Å²) in [5, 5.41) is 13.9. The van der Waals surface area contributed by atoms with Gasteiger partial charge < -0.3 is 15.0 Å². The first kappa shape index (κ1) is 20.6. The fourth-order valence-corrected chi connectivity index (χ4v) is 4.63. The predicted octanol–water partition coefficient (Wildman–Crippen LogP) is 4.22. The summed E-state index contributed by atoms with van der Waals surface area (Å²) in [7, 11) is 1.65. The molecule has 8 heteroatoms. The summed E-state index contributed by atoms with van der Waals surface area (Å²) >= 11 is 1.45. The van der Waals surface area contributed by atoms with Gasteiger partial charge in [0.2, 0.25) is 5.91 Å². The van der Waals surface area contributed by atoms with Crippen molar-refractivity contribution in [1.29, 1.82) is 0 Å². The highest BCUT2D eigenvalue weighted by molar-refractivity contribution is 7.99. The minimum Gasteiger partial charge on any atom is -0.497 e. The smallest absolute Gasteiger partial charge is 0.230 e. The van der Waals surface area contributed by atoms with Crippen molar-refractivity contribution in [2.75, 3.05) is 19.4 Å². The Bertz CT molecular complexity index is 1230. The molecule has 2 heterocycles. The molecule has 1 amide bonds. The van der Waals surface area contributed by atoms with Gasteiger partial charge in [0.25, 0.3) is 0 Å². The van der Waals surface area contributed by atoms with E-state index in [9.17, 15) is 4.79 Å². The van der Waals surface area contributed by atoms with Gasteiger partial charge in [-0.3, -0.25) is 9.36 Å². The van der Waals surface area contributed by atoms with Crippen molar-refractivity contribution in [3.05, 3.63) is 60.3 Å². The Morgan fingerprint density at radius 1 is 1.19 bits per heavy atom. The van der Waals surface area contributed by atoms with Gasteiger partial charge >= 0.3 is 0 Å². The molecule has 2 aromatic carbocycles. The number of benzene rings is 2. The number of para-hydroxylation sites is 1.